The summed E-state index contributed by atoms with van der Waals surface area (Å²) in [6.07, 6.45) is 0. The second-order valence-electron chi connectivity index (χ2n) is 9.85. The van der Waals surface area contributed by atoms with Gasteiger partial charge < -0.3 is 9.15 Å². The van der Waals surface area contributed by atoms with E-state index < -0.39 is 16.9 Å². The van der Waals surface area contributed by atoms with Crippen LogP contribution in [0.3, 0.4) is 0 Å². The van der Waals surface area contributed by atoms with E-state index in [2.05, 4.69) is 54.8 Å². The molecule has 2 heterocycles. The average molecular weight is 574 g/mol. The van der Waals surface area contributed by atoms with Crippen LogP contribution in [0, 0.1) is 20.8 Å². The molecule has 0 N–H and O–H groups in total. The van der Waals surface area contributed by atoms with E-state index in [0.29, 0.717) is 22.2 Å². The van der Waals surface area contributed by atoms with Crippen LogP contribution in [-0.2, 0) is 15.6 Å². The highest BCUT2D eigenvalue weighted by Gasteiger charge is 2.23. The van der Waals surface area contributed by atoms with Gasteiger partial charge in [0, 0.05) is 28.3 Å². The van der Waals surface area contributed by atoms with Crippen LogP contribution in [0.4, 0.5) is 5.69 Å². The summed E-state index contributed by atoms with van der Waals surface area (Å²) >= 11 is 1.71. The van der Waals surface area contributed by atoms with Gasteiger partial charge in [-0.2, -0.15) is 0 Å². The second kappa shape index (κ2) is 11.7. The summed E-state index contributed by atoms with van der Waals surface area (Å²) in [5.74, 6) is -0.612. The van der Waals surface area contributed by atoms with Crippen molar-refractivity contribution >= 4 is 44.9 Å². The highest BCUT2D eigenvalue weighted by atomic mass is 32.2. The number of thiol groups is 1. The zero-order chi connectivity index (χ0) is 28.4. The molecule has 0 saturated carbocycles. The largest absolute Gasteiger partial charge is 0.460 e. The zero-order valence-corrected chi connectivity index (χ0v) is 24.6. The molecule has 6 nitrogen and oxygen atoms in total. The topological polar surface area (TPSA) is 76.8 Å². The molecule has 0 amide bonds. The normalized spacial score (nSPS) is 12.1. The Labute approximate surface area is 239 Å². The number of carbonyl (C=O) groups is 1. The molecule has 0 spiro atoms. The maximum Gasteiger partial charge on any atom is 0.374 e. The van der Waals surface area contributed by atoms with Crippen molar-refractivity contribution in [3.8, 4) is 10.4 Å². The Bertz CT molecular complexity index is 1720. The predicted octanol–water partition coefficient (Wildman–Crippen LogP) is 7.43. The van der Waals surface area contributed by atoms with E-state index in [-0.39, 0.29) is 24.8 Å². The SMILES string of the molecule is CCOC(=O)c1oc2ccc(N(CC(c3ccc(C)cc3)c3ccc(-c4cc(C)cs4)cc3)[SH](=O)=O)cc2c1C. The molecule has 40 heavy (non-hydrogen) atoms. The minimum Gasteiger partial charge on any atom is -0.460 e. The molecule has 5 rings (SSSR count). The number of thiophene rings is 1. The lowest BCUT2D eigenvalue weighted by atomic mass is 9.90. The fraction of sp³-hybridized carbons (Fsp3) is 0.219. The van der Waals surface area contributed by atoms with Crippen molar-refractivity contribution in [3.05, 3.63) is 112 Å². The summed E-state index contributed by atoms with van der Waals surface area (Å²) in [5.41, 5.74) is 7.17. The summed E-state index contributed by atoms with van der Waals surface area (Å²) in [6, 6.07) is 23.9. The molecule has 206 valence electrons. The molecule has 0 radical (unpaired) electrons. The molecule has 1 atom stereocenters. The van der Waals surface area contributed by atoms with Crippen molar-refractivity contribution in [3.63, 3.8) is 0 Å². The lowest BCUT2D eigenvalue weighted by Gasteiger charge is -2.26. The first-order chi connectivity index (χ1) is 19.2. The second-order valence-corrected chi connectivity index (χ2v) is 11.7. The number of ether oxygens (including phenoxy) is 1. The van der Waals surface area contributed by atoms with Crippen molar-refractivity contribution in [1.29, 1.82) is 0 Å². The molecule has 0 saturated heterocycles. The standard InChI is InChI=1S/C32H31NO5S2/c1-5-37-32(34)31-22(4)27-17-26(14-15-29(27)38-31)33(40(35)36)18-28(23-8-6-20(2)7-9-23)24-10-12-25(13-11-24)30-16-21(3)19-39-30/h6-17,19,28,40H,5,18H2,1-4H3. The summed E-state index contributed by atoms with van der Waals surface area (Å²) < 4.78 is 37.6. The Morgan fingerprint density at radius 1 is 0.925 bits per heavy atom. The number of anilines is 1. The van der Waals surface area contributed by atoms with Gasteiger partial charge >= 0.3 is 5.97 Å². The first-order valence-corrected chi connectivity index (χ1v) is 15.1. The smallest absolute Gasteiger partial charge is 0.374 e. The summed E-state index contributed by atoms with van der Waals surface area (Å²) in [4.78, 5) is 13.5. The van der Waals surface area contributed by atoms with Gasteiger partial charge in [-0.05, 0) is 79.6 Å². The van der Waals surface area contributed by atoms with E-state index in [0.717, 1.165) is 22.3 Å². The summed E-state index contributed by atoms with van der Waals surface area (Å²) in [7, 11) is -2.96. The van der Waals surface area contributed by atoms with Gasteiger partial charge in [0.1, 0.15) is 5.58 Å². The zero-order valence-electron chi connectivity index (χ0n) is 22.8. The number of furan rings is 1. The number of esters is 1. The molecule has 0 bridgehead atoms. The Kier molecular flexibility index (Phi) is 8.09. The van der Waals surface area contributed by atoms with Gasteiger partial charge in [0.25, 0.3) is 0 Å². The Morgan fingerprint density at radius 3 is 2.20 bits per heavy atom. The van der Waals surface area contributed by atoms with Crippen LogP contribution < -0.4 is 4.31 Å². The van der Waals surface area contributed by atoms with Crippen LogP contribution in [0.25, 0.3) is 21.4 Å². The number of hydrogen-bond donors (Lipinski definition) is 1. The summed E-state index contributed by atoms with van der Waals surface area (Å²) in [5, 5.41) is 2.81. The lowest BCUT2D eigenvalue weighted by Crippen LogP contribution is -2.27. The Morgan fingerprint density at radius 2 is 1.60 bits per heavy atom. The molecule has 0 aliphatic carbocycles. The minimum absolute atomic E-state index is 0.130. The molecule has 0 fully saturated rings. The number of hydrogen-bond acceptors (Lipinski definition) is 6. The third kappa shape index (κ3) is 5.69. The van der Waals surface area contributed by atoms with Crippen LogP contribution in [0.1, 0.15) is 51.2 Å². The fourth-order valence-electron chi connectivity index (χ4n) is 4.86. The van der Waals surface area contributed by atoms with Crippen molar-refractivity contribution < 1.29 is 22.4 Å². The van der Waals surface area contributed by atoms with Gasteiger partial charge in [-0.25, -0.2) is 13.2 Å². The van der Waals surface area contributed by atoms with Crippen molar-refractivity contribution in [2.45, 2.75) is 33.6 Å². The quantitative estimate of drug-likeness (QED) is 0.147. The van der Waals surface area contributed by atoms with Crippen molar-refractivity contribution in [1.82, 2.24) is 0 Å². The highest BCUT2D eigenvalue weighted by Crippen LogP contribution is 2.34. The molecule has 1 unspecified atom stereocenters. The highest BCUT2D eigenvalue weighted by molar-refractivity contribution is 7.74. The maximum absolute atomic E-state index is 12.7. The third-order valence-corrected chi connectivity index (χ3v) is 8.92. The Balaban J connectivity index is 1.53. The number of carbonyl (C=O) groups excluding carboxylic acids is 1. The van der Waals surface area contributed by atoms with Gasteiger partial charge in [0.05, 0.1) is 12.3 Å². The maximum atomic E-state index is 12.7. The number of aryl methyl sites for hydroxylation is 3. The van der Waals surface area contributed by atoms with Gasteiger partial charge in [-0.3, -0.25) is 4.31 Å². The average Bonchev–Trinajstić information content (AvgIpc) is 3.53. The molecule has 0 aliphatic heterocycles. The molecule has 5 aromatic rings. The number of benzene rings is 3. The number of fused-ring (bicyclic) bond motifs is 1. The van der Waals surface area contributed by atoms with Crippen molar-refractivity contribution in [2.75, 3.05) is 17.5 Å². The minimum atomic E-state index is -2.96. The predicted molar refractivity (Wildman–Crippen MR) is 162 cm³/mol. The number of rotatable bonds is 9. The van der Waals surface area contributed by atoms with Crippen LogP contribution >= 0.6 is 11.3 Å². The third-order valence-electron chi connectivity index (χ3n) is 7.04. The van der Waals surface area contributed by atoms with Gasteiger partial charge in [-0.15, -0.1) is 11.3 Å². The molecule has 0 aliphatic rings. The van der Waals surface area contributed by atoms with Gasteiger partial charge in [0.2, 0.25) is 16.7 Å². The van der Waals surface area contributed by atoms with Crippen LogP contribution in [-0.4, -0.2) is 27.5 Å². The first-order valence-electron chi connectivity index (χ1n) is 13.1. The van der Waals surface area contributed by atoms with Crippen LogP contribution in [0.15, 0.2) is 82.6 Å². The van der Waals surface area contributed by atoms with Gasteiger partial charge in [0.15, 0.2) is 0 Å². The van der Waals surface area contributed by atoms with E-state index in [1.54, 1.807) is 43.4 Å². The van der Waals surface area contributed by atoms with Crippen LogP contribution in [0.5, 0.6) is 0 Å². The monoisotopic (exact) mass is 573 g/mol. The van der Waals surface area contributed by atoms with Gasteiger partial charge in [-0.1, -0.05) is 54.1 Å². The molecular formula is C32H31NO5S2. The molecular weight excluding hydrogens is 542 g/mol. The molecule has 8 heteroatoms. The van der Waals surface area contributed by atoms with Crippen LogP contribution in [0.2, 0.25) is 0 Å². The van der Waals surface area contributed by atoms with E-state index in [1.165, 1.54) is 14.7 Å². The fourth-order valence-corrected chi connectivity index (χ4v) is 6.38. The molecule has 2 aromatic heterocycles. The molecule has 3 aromatic carbocycles. The number of nitrogens with zero attached hydrogens (tertiary/aromatic N) is 1. The van der Waals surface area contributed by atoms with E-state index in [9.17, 15) is 13.2 Å². The Hall–Kier alpha value is -3.88. The van der Waals surface area contributed by atoms with E-state index in [1.807, 2.05) is 19.1 Å². The summed E-state index contributed by atoms with van der Waals surface area (Å²) in [6.45, 7) is 8.07. The first kappa shape index (κ1) is 27.7. The van der Waals surface area contributed by atoms with E-state index >= 15 is 0 Å². The van der Waals surface area contributed by atoms with E-state index in [4.69, 9.17) is 9.15 Å². The lowest BCUT2D eigenvalue weighted by molar-refractivity contribution is 0.0491. The van der Waals surface area contributed by atoms with Crippen molar-refractivity contribution in [2.24, 2.45) is 0 Å².